The summed E-state index contributed by atoms with van der Waals surface area (Å²) >= 11 is 0. The number of nitrogens with one attached hydrogen (secondary N) is 1. The second-order valence-corrected chi connectivity index (χ2v) is 9.71. The molecule has 1 aliphatic heterocycles. The van der Waals surface area contributed by atoms with Crippen LogP contribution in [-0.4, -0.2) is 63.3 Å². The van der Waals surface area contributed by atoms with E-state index in [1.165, 1.54) is 17.9 Å². The van der Waals surface area contributed by atoms with Gasteiger partial charge in [0.15, 0.2) is 11.2 Å². The maximum absolute atomic E-state index is 13.0. The molecule has 0 bridgehead atoms. The zero-order chi connectivity index (χ0) is 25.1. The Hall–Kier alpha value is -3.73. The molecule has 0 spiro atoms. The first-order valence-electron chi connectivity index (χ1n) is 11.6. The Labute approximate surface area is 200 Å². The highest BCUT2D eigenvalue weighted by Crippen LogP contribution is 2.33. The van der Waals surface area contributed by atoms with E-state index in [0.717, 1.165) is 27.0 Å². The predicted molar refractivity (Wildman–Crippen MR) is 130 cm³/mol. The lowest BCUT2D eigenvalue weighted by molar-refractivity contribution is -0.140. The largest absolute Gasteiger partial charge is 0.386 e. The van der Waals surface area contributed by atoms with E-state index >= 15 is 0 Å². The molecule has 1 fully saturated rings. The summed E-state index contributed by atoms with van der Waals surface area (Å²) in [4.78, 5) is 51.8. The van der Waals surface area contributed by atoms with Gasteiger partial charge in [-0.25, -0.2) is 14.8 Å². The van der Waals surface area contributed by atoms with Crippen LogP contribution in [-0.2, 0) is 25.3 Å². The average Bonchev–Trinajstić information content (AvgIpc) is 3.43. The number of benzene rings is 1. The molecule has 2 N–H and O–H groups in total. The van der Waals surface area contributed by atoms with Gasteiger partial charge in [-0.2, -0.15) is 0 Å². The highest BCUT2D eigenvalue weighted by molar-refractivity contribution is 5.78. The molecule has 4 heterocycles. The molecule has 184 valence electrons. The van der Waals surface area contributed by atoms with E-state index in [1.807, 2.05) is 25.1 Å². The second kappa shape index (κ2) is 8.19. The first-order valence-corrected chi connectivity index (χ1v) is 11.6. The fourth-order valence-electron chi connectivity index (χ4n) is 5.09. The molecule has 2 atom stereocenters. The van der Waals surface area contributed by atoms with Crippen molar-refractivity contribution in [3.05, 3.63) is 56.8 Å². The minimum atomic E-state index is -1.29. The highest BCUT2D eigenvalue weighted by Gasteiger charge is 2.41. The lowest BCUT2D eigenvalue weighted by Crippen LogP contribution is -2.54. The van der Waals surface area contributed by atoms with E-state index in [0.29, 0.717) is 19.4 Å². The minimum absolute atomic E-state index is 0.0610. The number of carbonyl (C=O) groups is 1. The molecule has 35 heavy (non-hydrogen) atoms. The Morgan fingerprint density at radius 2 is 2.03 bits per heavy atom. The van der Waals surface area contributed by atoms with Crippen LogP contribution in [0, 0.1) is 6.92 Å². The monoisotopic (exact) mass is 479 g/mol. The zero-order valence-electron chi connectivity index (χ0n) is 20.3. The predicted octanol–water partition coefficient (Wildman–Crippen LogP) is 0.776. The fourth-order valence-corrected chi connectivity index (χ4v) is 5.09. The highest BCUT2D eigenvalue weighted by atomic mass is 16.3. The van der Waals surface area contributed by atoms with Gasteiger partial charge in [-0.3, -0.25) is 18.7 Å². The van der Waals surface area contributed by atoms with Crippen molar-refractivity contribution in [2.75, 3.05) is 13.1 Å². The van der Waals surface area contributed by atoms with Crippen molar-refractivity contribution in [2.24, 2.45) is 14.1 Å². The SMILES string of the molecule is Cc1ccc2nc(CCC(=O)N3CC[C@@H](n4cnc5c4c(=O)n(C)c(=O)n5C)[C@](C)(O)C3)[nH]c2c1. The second-order valence-electron chi connectivity index (χ2n) is 9.71. The maximum Gasteiger partial charge on any atom is 0.332 e. The van der Waals surface area contributed by atoms with E-state index in [9.17, 15) is 19.5 Å². The summed E-state index contributed by atoms with van der Waals surface area (Å²) in [5.41, 5.74) is 1.28. The smallest absolute Gasteiger partial charge is 0.332 e. The molecular formula is C24H29N7O4. The van der Waals surface area contributed by atoms with E-state index in [4.69, 9.17) is 0 Å². The number of aryl methyl sites for hydroxylation is 3. The number of likely N-dealkylation sites (tertiary alicyclic amines) is 1. The van der Waals surface area contributed by atoms with Crippen molar-refractivity contribution in [2.45, 2.75) is 44.8 Å². The summed E-state index contributed by atoms with van der Waals surface area (Å²) in [6.45, 7) is 4.24. The zero-order valence-corrected chi connectivity index (χ0v) is 20.3. The number of hydrogen-bond donors (Lipinski definition) is 2. The van der Waals surface area contributed by atoms with Crippen LogP contribution in [0.3, 0.4) is 0 Å². The van der Waals surface area contributed by atoms with Crippen LogP contribution in [0.25, 0.3) is 22.2 Å². The number of H-pyrrole nitrogens is 1. The molecule has 3 aromatic heterocycles. The molecule has 0 aliphatic carbocycles. The van der Waals surface area contributed by atoms with Gasteiger partial charge in [0.05, 0.1) is 29.9 Å². The first-order chi connectivity index (χ1) is 16.6. The number of amides is 1. The molecule has 0 saturated carbocycles. The number of aliphatic hydroxyl groups is 1. The number of β-amino-alcohol motifs (C(OH)–C–C–N with tert-alkyl or cyclic N) is 1. The molecule has 0 radical (unpaired) electrons. The summed E-state index contributed by atoms with van der Waals surface area (Å²) in [6.07, 6.45) is 2.69. The summed E-state index contributed by atoms with van der Waals surface area (Å²) in [5, 5.41) is 11.3. The van der Waals surface area contributed by atoms with Crippen LogP contribution in [0.4, 0.5) is 0 Å². The van der Waals surface area contributed by atoms with Gasteiger partial charge < -0.3 is 19.6 Å². The normalized spacial score (nSPS) is 20.7. The third-order valence-corrected chi connectivity index (χ3v) is 7.03. The van der Waals surface area contributed by atoms with Gasteiger partial charge in [-0.1, -0.05) is 6.07 Å². The van der Waals surface area contributed by atoms with Gasteiger partial charge in [-0.15, -0.1) is 0 Å². The molecule has 0 unspecified atom stereocenters. The molecule has 1 amide bonds. The average molecular weight is 480 g/mol. The molecule has 1 saturated heterocycles. The lowest BCUT2D eigenvalue weighted by atomic mass is 9.88. The van der Waals surface area contributed by atoms with Crippen LogP contribution < -0.4 is 11.2 Å². The quantitative estimate of drug-likeness (QED) is 0.445. The Morgan fingerprint density at radius 3 is 2.77 bits per heavy atom. The first kappa shape index (κ1) is 23.0. The number of piperidine rings is 1. The van der Waals surface area contributed by atoms with Gasteiger partial charge in [-0.05, 0) is 38.0 Å². The van der Waals surface area contributed by atoms with Crippen LogP contribution >= 0.6 is 0 Å². The summed E-state index contributed by atoms with van der Waals surface area (Å²) < 4.78 is 4.00. The number of imidazole rings is 2. The Kier molecular flexibility index (Phi) is 5.39. The number of aromatic nitrogens is 6. The van der Waals surface area contributed by atoms with Crippen LogP contribution in [0.2, 0.25) is 0 Å². The van der Waals surface area contributed by atoms with Gasteiger partial charge in [0.25, 0.3) is 5.56 Å². The fraction of sp³-hybridized carbons (Fsp3) is 0.458. The van der Waals surface area contributed by atoms with Gasteiger partial charge >= 0.3 is 5.69 Å². The van der Waals surface area contributed by atoms with Gasteiger partial charge in [0, 0.05) is 33.5 Å². The molecular weight excluding hydrogens is 450 g/mol. The number of nitrogens with zero attached hydrogens (tertiary/aromatic N) is 6. The molecule has 4 aromatic rings. The maximum atomic E-state index is 13.0. The molecule has 1 aliphatic rings. The molecule has 11 nitrogen and oxygen atoms in total. The number of carbonyl (C=O) groups excluding carboxylic acids is 1. The van der Waals surface area contributed by atoms with Crippen molar-refractivity contribution < 1.29 is 9.90 Å². The molecule has 11 heteroatoms. The van der Waals surface area contributed by atoms with E-state index in [1.54, 1.807) is 23.4 Å². The van der Waals surface area contributed by atoms with Crippen molar-refractivity contribution in [3.63, 3.8) is 0 Å². The van der Waals surface area contributed by atoms with Crippen molar-refractivity contribution in [3.8, 4) is 0 Å². The number of hydrogen-bond acceptors (Lipinski definition) is 6. The van der Waals surface area contributed by atoms with Crippen LogP contribution in [0.15, 0.2) is 34.1 Å². The van der Waals surface area contributed by atoms with Gasteiger partial charge in [0.1, 0.15) is 11.4 Å². The molecule has 5 rings (SSSR count). The minimum Gasteiger partial charge on any atom is -0.386 e. The third kappa shape index (κ3) is 3.85. The topological polar surface area (TPSA) is 131 Å². The lowest BCUT2D eigenvalue weighted by Gasteiger charge is -2.43. The number of fused-ring (bicyclic) bond motifs is 2. The Morgan fingerprint density at radius 1 is 1.26 bits per heavy atom. The van der Waals surface area contributed by atoms with E-state index in [2.05, 4.69) is 15.0 Å². The Balaban J connectivity index is 1.33. The van der Waals surface area contributed by atoms with Gasteiger partial charge in [0.2, 0.25) is 5.91 Å². The van der Waals surface area contributed by atoms with Crippen molar-refractivity contribution in [1.29, 1.82) is 0 Å². The summed E-state index contributed by atoms with van der Waals surface area (Å²) in [7, 11) is 2.98. The Bertz CT molecular complexity index is 1570. The van der Waals surface area contributed by atoms with Crippen LogP contribution in [0.5, 0.6) is 0 Å². The third-order valence-electron chi connectivity index (χ3n) is 7.03. The van der Waals surface area contributed by atoms with Crippen LogP contribution in [0.1, 0.15) is 37.2 Å². The summed E-state index contributed by atoms with van der Waals surface area (Å²) in [5.74, 6) is 0.695. The van der Waals surface area contributed by atoms with Crippen molar-refractivity contribution in [1.82, 2.24) is 33.6 Å². The molecule has 1 aromatic carbocycles. The standard InChI is InChI=1S/C24H29N7O4/c1-14-5-6-15-16(11-14)27-18(26-15)7-8-19(32)30-10-9-17(24(2,35)12-30)31-13-25-21-20(31)22(33)29(4)23(34)28(21)3/h5-6,11,13,17,35H,7-10,12H2,1-4H3,(H,26,27)/t17-,24-/m1/s1. The van der Waals surface area contributed by atoms with Crippen molar-refractivity contribution >= 4 is 28.1 Å². The number of aromatic amines is 1. The van der Waals surface area contributed by atoms with E-state index < -0.39 is 22.9 Å². The summed E-state index contributed by atoms with van der Waals surface area (Å²) in [6, 6.07) is 5.52. The van der Waals surface area contributed by atoms with E-state index in [-0.39, 0.29) is 30.0 Å². The number of rotatable bonds is 4.